The minimum Gasteiger partial charge on any atom is -0.497 e. The lowest BCUT2D eigenvalue weighted by Crippen LogP contribution is -2.30. The van der Waals surface area contributed by atoms with Crippen molar-refractivity contribution < 1.29 is 19.1 Å². The van der Waals surface area contributed by atoms with Crippen molar-refractivity contribution in [1.82, 2.24) is 5.32 Å². The molecule has 0 heterocycles. The summed E-state index contributed by atoms with van der Waals surface area (Å²) >= 11 is 1.34. The number of ether oxygens (including phenoxy) is 1. The van der Waals surface area contributed by atoms with Crippen molar-refractivity contribution in [2.45, 2.75) is 11.8 Å². The zero-order valence-corrected chi connectivity index (χ0v) is 23.0. The predicted octanol–water partition coefficient (Wildman–Crippen LogP) is 6.14. The quantitative estimate of drug-likeness (QED) is 0.162. The zero-order chi connectivity index (χ0) is 28.3. The number of methoxy groups -OCH3 is 1. The van der Waals surface area contributed by atoms with E-state index in [1.807, 2.05) is 43.3 Å². The molecule has 0 aliphatic rings. The van der Waals surface area contributed by atoms with Crippen LogP contribution in [0.15, 0.2) is 114 Å². The molecule has 0 radical (unpaired) electrons. The van der Waals surface area contributed by atoms with Crippen LogP contribution in [0.5, 0.6) is 5.75 Å². The van der Waals surface area contributed by atoms with Gasteiger partial charge in [0.25, 0.3) is 11.8 Å². The first-order chi connectivity index (χ1) is 19.4. The number of anilines is 2. The molecule has 0 aromatic heterocycles. The van der Waals surface area contributed by atoms with Crippen LogP contribution in [0.4, 0.5) is 11.4 Å². The van der Waals surface area contributed by atoms with Gasteiger partial charge in [-0.05, 0) is 73.2 Å². The number of aryl methyl sites for hydroxylation is 1. The van der Waals surface area contributed by atoms with Crippen LogP contribution >= 0.6 is 11.8 Å². The molecule has 0 saturated heterocycles. The maximum Gasteiger partial charge on any atom is 0.272 e. The zero-order valence-electron chi connectivity index (χ0n) is 22.1. The predicted molar refractivity (Wildman–Crippen MR) is 160 cm³/mol. The summed E-state index contributed by atoms with van der Waals surface area (Å²) in [5.41, 5.74) is 3.58. The van der Waals surface area contributed by atoms with E-state index >= 15 is 0 Å². The molecule has 0 bridgehead atoms. The third-order valence-electron chi connectivity index (χ3n) is 5.72. The molecule has 4 aromatic rings. The first kappa shape index (κ1) is 28.2. The van der Waals surface area contributed by atoms with Gasteiger partial charge in [0.2, 0.25) is 5.91 Å². The number of rotatable bonds is 10. The summed E-state index contributed by atoms with van der Waals surface area (Å²) in [5.74, 6) is -0.110. The largest absolute Gasteiger partial charge is 0.497 e. The highest BCUT2D eigenvalue weighted by Gasteiger charge is 2.15. The van der Waals surface area contributed by atoms with Crippen LogP contribution in [0.2, 0.25) is 0 Å². The first-order valence-electron chi connectivity index (χ1n) is 12.5. The third kappa shape index (κ3) is 8.34. The number of carbonyl (C=O) groups is 3. The van der Waals surface area contributed by atoms with Gasteiger partial charge in [0.05, 0.1) is 12.9 Å². The van der Waals surface area contributed by atoms with Crippen molar-refractivity contribution >= 4 is 46.9 Å². The van der Waals surface area contributed by atoms with Crippen molar-refractivity contribution in [3.63, 3.8) is 0 Å². The highest BCUT2D eigenvalue weighted by molar-refractivity contribution is 8.00. The normalized spacial score (nSPS) is 10.9. The molecular formula is C32H29N3O4S. The second-order valence-electron chi connectivity index (χ2n) is 8.84. The molecule has 4 aromatic carbocycles. The van der Waals surface area contributed by atoms with E-state index in [0.717, 1.165) is 16.0 Å². The Labute approximate surface area is 237 Å². The Hall–Kier alpha value is -4.82. The second-order valence-corrected chi connectivity index (χ2v) is 9.89. The summed E-state index contributed by atoms with van der Waals surface area (Å²) in [6.07, 6.45) is 1.64. The Kier molecular flexibility index (Phi) is 9.74. The number of benzene rings is 4. The molecule has 0 spiro atoms. The highest BCUT2D eigenvalue weighted by atomic mass is 32.2. The first-order valence-corrected chi connectivity index (χ1v) is 13.5. The van der Waals surface area contributed by atoms with Gasteiger partial charge in [0.15, 0.2) is 0 Å². The summed E-state index contributed by atoms with van der Waals surface area (Å²) in [4.78, 5) is 39.4. The Balaban J connectivity index is 1.43. The number of thioether (sulfide) groups is 1. The molecule has 0 unspecified atom stereocenters. The number of carbonyl (C=O) groups excluding carboxylic acids is 3. The van der Waals surface area contributed by atoms with Crippen LogP contribution in [-0.2, 0) is 9.59 Å². The van der Waals surface area contributed by atoms with E-state index in [2.05, 4.69) is 16.0 Å². The molecular weight excluding hydrogens is 522 g/mol. The van der Waals surface area contributed by atoms with E-state index in [-0.39, 0.29) is 23.3 Å². The highest BCUT2D eigenvalue weighted by Crippen LogP contribution is 2.23. The van der Waals surface area contributed by atoms with Gasteiger partial charge in [-0.15, -0.1) is 11.8 Å². The van der Waals surface area contributed by atoms with Crippen molar-refractivity contribution in [2.24, 2.45) is 0 Å². The van der Waals surface area contributed by atoms with E-state index in [9.17, 15) is 14.4 Å². The lowest BCUT2D eigenvalue weighted by molar-refractivity contribution is -0.114. The van der Waals surface area contributed by atoms with E-state index in [0.29, 0.717) is 22.7 Å². The lowest BCUT2D eigenvalue weighted by Gasteiger charge is -2.12. The molecule has 0 aliphatic carbocycles. The molecule has 3 amide bonds. The van der Waals surface area contributed by atoms with Crippen LogP contribution < -0.4 is 20.7 Å². The Morgan fingerprint density at radius 3 is 2.27 bits per heavy atom. The average molecular weight is 552 g/mol. The van der Waals surface area contributed by atoms with Crippen LogP contribution in [0.1, 0.15) is 21.5 Å². The average Bonchev–Trinajstić information content (AvgIpc) is 2.97. The number of nitrogens with one attached hydrogen (secondary N) is 3. The Morgan fingerprint density at radius 1 is 0.800 bits per heavy atom. The van der Waals surface area contributed by atoms with E-state index < -0.39 is 5.91 Å². The molecule has 7 nitrogen and oxygen atoms in total. The summed E-state index contributed by atoms with van der Waals surface area (Å²) < 4.78 is 5.14. The molecule has 40 heavy (non-hydrogen) atoms. The van der Waals surface area contributed by atoms with Gasteiger partial charge in [-0.2, -0.15) is 0 Å². The minimum atomic E-state index is -0.467. The minimum absolute atomic E-state index is 0.108. The van der Waals surface area contributed by atoms with Crippen LogP contribution in [-0.4, -0.2) is 30.6 Å². The van der Waals surface area contributed by atoms with Crippen molar-refractivity contribution in [3.8, 4) is 5.75 Å². The van der Waals surface area contributed by atoms with Crippen LogP contribution in [0.25, 0.3) is 6.08 Å². The molecule has 0 aliphatic heterocycles. The van der Waals surface area contributed by atoms with Crippen molar-refractivity contribution in [3.05, 3.63) is 126 Å². The van der Waals surface area contributed by atoms with E-state index in [1.54, 1.807) is 79.9 Å². The maximum atomic E-state index is 13.3. The Bertz CT molecular complexity index is 1520. The second kappa shape index (κ2) is 13.8. The number of amides is 3. The van der Waals surface area contributed by atoms with Gasteiger partial charge in [-0.3, -0.25) is 14.4 Å². The molecule has 8 heteroatoms. The molecule has 0 saturated carbocycles. The molecule has 3 N–H and O–H groups in total. The van der Waals surface area contributed by atoms with E-state index in [1.165, 1.54) is 11.8 Å². The standard InChI is InChI=1S/C32H29N3O4S/c1-22-8-6-9-23(18-22)19-29(35-31(37)24-10-4-3-5-11-24)32(38)34-26-12-7-13-28(20-26)40-21-30(36)33-25-14-16-27(39-2)17-15-25/h3-20H,21H2,1-2H3,(H,33,36)(H,34,38)(H,35,37)/b29-19+. The van der Waals surface area contributed by atoms with Gasteiger partial charge in [-0.25, -0.2) is 0 Å². The summed E-state index contributed by atoms with van der Waals surface area (Å²) in [6, 6.07) is 30.7. The molecule has 202 valence electrons. The van der Waals surface area contributed by atoms with Crippen molar-refractivity contribution in [2.75, 3.05) is 23.5 Å². The fourth-order valence-corrected chi connectivity index (χ4v) is 4.51. The van der Waals surface area contributed by atoms with Gasteiger partial charge >= 0.3 is 0 Å². The van der Waals surface area contributed by atoms with Gasteiger partial charge in [0.1, 0.15) is 11.4 Å². The molecule has 4 rings (SSSR count). The smallest absolute Gasteiger partial charge is 0.272 e. The summed E-state index contributed by atoms with van der Waals surface area (Å²) in [5, 5.41) is 8.47. The number of hydrogen-bond acceptors (Lipinski definition) is 5. The summed E-state index contributed by atoms with van der Waals surface area (Å²) in [6.45, 7) is 1.96. The number of hydrogen-bond donors (Lipinski definition) is 3. The fourth-order valence-electron chi connectivity index (χ4n) is 3.75. The Morgan fingerprint density at radius 2 is 1.55 bits per heavy atom. The molecule has 0 atom stereocenters. The SMILES string of the molecule is COc1ccc(NC(=O)CSc2cccc(NC(=O)/C(=C\c3cccc(C)c3)NC(=O)c3ccccc3)c2)cc1. The fraction of sp³-hybridized carbons (Fsp3) is 0.0938. The maximum absolute atomic E-state index is 13.3. The van der Waals surface area contributed by atoms with Crippen molar-refractivity contribution in [1.29, 1.82) is 0 Å². The summed E-state index contributed by atoms with van der Waals surface area (Å²) in [7, 11) is 1.59. The molecule has 0 fully saturated rings. The van der Waals surface area contributed by atoms with Gasteiger partial charge in [0, 0.05) is 21.8 Å². The van der Waals surface area contributed by atoms with Crippen LogP contribution in [0, 0.1) is 6.92 Å². The van der Waals surface area contributed by atoms with Gasteiger partial charge in [-0.1, -0.05) is 54.1 Å². The van der Waals surface area contributed by atoms with Gasteiger partial charge < -0.3 is 20.7 Å². The van der Waals surface area contributed by atoms with E-state index in [4.69, 9.17) is 4.74 Å². The van der Waals surface area contributed by atoms with Crippen LogP contribution in [0.3, 0.4) is 0 Å². The monoisotopic (exact) mass is 551 g/mol. The topological polar surface area (TPSA) is 96.5 Å². The lowest BCUT2D eigenvalue weighted by atomic mass is 10.1. The third-order valence-corrected chi connectivity index (χ3v) is 6.71.